The molecule has 1 atom stereocenters. The van der Waals surface area contributed by atoms with E-state index in [1.54, 1.807) is 0 Å². The van der Waals surface area contributed by atoms with Gasteiger partial charge in [-0.15, -0.1) is 0 Å². The summed E-state index contributed by atoms with van der Waals surface area (Å²) in [6.45, 7) is 13.4. The summed E-state index contributed by atoms with van der Waals surface area (Å²) in [6, 6.07) is 0.740. The predicted octanol–water partition coefficient (Wildman–Crippen LogP) is 2.90. The first-order chi connectivity index (χ1) is 9.31. The van der Waals surface area contributed by atoms with Crippen molar-refractivity contribution < 1.29 is 4.74 Å². The Labute approximate surface area is 125 Å². The van der Waals surface area contributed by atoms with Gasteiger partial charge in [-0.3, -0.25) is 0 Å². The minimum Gasteiger partial charge on any atom is -0.381 e. The molecule has 1 unspecified atom stereocenters. The number of hydrogen-bond acceptors (Lipinski definition) is 3. The van der Waals surface area contributed by atoms with Crippen molar-refractivity contribution in [2.75, 3.05) is 33.4 Å². The van der Waals surface area contributed by atoms with Gasteiger partial charge in [0.15, 0.2) is 0 Å². The third-order valence-electron chi connectivity index (χ3n) is 5.13. The van der Waals surface area contributed by atoms with Crippen molar-refractivity contribution in [2.45, 2.75) is 65.0 Å². The van der Waals surface area contributed by atoms with Crippen LogP contribution < -0.4 is 5.32 Å². The molecule has 118 valence electrons. The zero-order valence-electron chi connectivity index (χ0n) is 14.2. The third-order valence-corrected chi connectivity index (χ3v) is 5.13. The Hall–Kier alpha value is -0.120. The van der Waals surface area contributed by atoms with Crippen LogP contribution in [0.1, 0.15) is 53.4 Å². The van der Waals surface area contributed by atoms with Crippen LogP contribution in [0.4, 0.5) is 0 Å². The van der Waals surface area contributed by atoms with Gasteiger partial charge in [0, 0.05) is 37.9 Å². The fourth-order valence-corrected chi connectivity index (χ4v) is 3.26. The predicted molar refractivity (Wildman–Crippen MR) is 85.1 cm³/mol. The summed E-state index contributed by atoms with van der Waals surface area (Å²) >= 11 is 0. The molecule has 2 aliphatic rings. The van der Waals surface area contributed by atoms with Crippen LogP contribution in [-0.4, -0.2) is 49.8 Å². The van der Waals surface area contributed by atoms with E-state index >= 15 is 0 Å². The highest BCUT2D eigenvalue weighted by atomic mass is 16.5. The minimum atomic E-state index is 0.200. The molecule has 0 aromatic heterocycles. The van der Waals surface area contributed by atoms with Gasteiger partial charge in [-0.2, -0.15) is 0 Å². The van der Waals surface area contributed by atoms with Crippen molar-refractivity contribution in [3.8, 4) is 0 Å². The minimum absolute atomic E-state index is 0.200. The van der Waals surface area contributed by atoms with Gasteiger partial charge in [0.25, 0.3) is 0 Å². The van der Waals surface area contributed by atoms with Gasteiger partial charge in [0.05, 0.1) is 0 Å². The molecule has 0 radical (unpaired) electrons. The monoisotopic (exact) mass is 282 g/mol. The van der Waals surface area contributed by atoms with E-state index in [0.717, 1.165) is 31.7 Å². The van der Waals surface area contributed by atoms with Crippen LogP contribution in [0.25, 0.3) is 0 Å². The number of nitrogens with one attached hydrogen (secondary N) is 1. The van der Waals surface area contributed by atoms with Crippen molar-refractivity contribution in [1.29, 1.82) is 0 Å². The number of nitrogens with zero attached hydrogens (tertiary/aromatic N) is 1. The highest BCUT2D eigenvalue weighted by Gasteiger charge is 2.38. The van der Waals surface area contributed by atoms with E-state index in [2.05, 4.69) is 45.0 Å². The second-order valence-electron chi connectivity index (χ2n) is 8.21. The van der Waals surface area contributed by atoms with E-state index in [4.69, 9.17) is 4.74 Å². The molecule has 1 aliphatic heterocycles. The molecule has 3 heteroatoms. The Morgan fingerprint density at radius 1 is 1.25 bits per heavy atom. The van der Waals surface area contributed by atoms with Gasteiger partial charge in [-0.25, -0.2) is 0 Å². The molecule has 20 heavy (non-hydrogen) atoms. The molecule has 1 N–H and O–H groups in total. The average Bonchev–Trinajstić information content (AvgIpc) is 3.20. The van der Waals surface area contributed by atoms with Crippen LogP contribution in [0.2, 0.25) is 0 Å². The van der Waals surface area contributed by atoms with Crippen molar-refractivity contribution in [2.24, 2.45) is 11.3 Å². The highest BCUT2D eigenvalue weighted by molar-refractivity contribution is 4.92. The molecular formula is C17H34N2O. The number of rotatable bonds is 6. The van der Waals surface area contributed by atoms with Crippen LogP contribution in [0.15, 0.2) is 0 Å². The van der Waals surface area contributed by atoms with Gasteiger partial charge >= 0.3 is 0 Å². The van der Waals surface area contributed by atoms with Gasteiger partial charge in [0.2, 0.25) is 0 Å². The SMILES string of the molecule is CC(C1CC1)N(C)CC1(CNC(C)(C)C)CCOCC1. The summed E-state index contributed by atoms with van der Waals surface area (Å²) in [4.78, 5) is 2.60. The first-order valence-corrected chi connectivity index (χ1v) is 8.34. The van der Waals surface area contributed by atoms with Crippen molar-refractivity contribution >= 4 is 0 Å². The Bertz CT molecular complexity index is 301. The van der Waals surface area contributed by atoms with Crippen LogP contribution in [0.5, 0.6) is 0 Å². The Morgan fingerprint density at radius 2 is 1.85 bits per heavy atom. The molecule has 3 nitrogen and oxygen atoms in total. The fourth-order valence-electron chi connectivity index (χ4n) is 3.26. The largest absolute Gasteiger partial charge is 0.381 e. The first kappa shape index (κ1) is 16.3. The molecule has 0 amide bonds. The number of ether oxygens (including phenoxy) is 1. The summed E-state index contributed by atoms with van der Waals surface area (Å²) in [6.07, 6.45) is 5.25. The molecule has 2 rings (SSSR count). The van der Waals surface area contributed by atoms with E-state index in [1.807, 2.05) is 0 Å². The lowest BCUT2D eigenvalue weighted by Gasteiger charge is -2.43. The third kappa shape index (κ3) is 4.71. The van der Waals surface area contributed by atoms with Crippen LogP contribution in [0.3, 0.4) is 0 Å². The van der Waals surface area contributed by atoms with E-state index in [9.17, 15) is 0 Å². The van der Waals surface area contributed by atoms with Gasteiger partial charge in [0.1, 0.15) is 0 Å². The Kier molecular flexibility index (Phi) is 5.14. The van der Waals surface area contributed by atoms with E-state index < -0.39 is 0 Å². The summed E-state index contributed by atoms with van der Waals surface area (Å²) in [5.41, 5.74) is 0.593. The molecule has 0 bridgehead atoms. The van der Waals surface area contributed by atoms with Crippen molar-refractivity contribution in [1.82, 2.24) is 10.2 Å². The second kappa shape index (κ2) is 6.33. The van der Waals surface area contributed by atoms with Gasteiger partial charge in [-0.1, -0.05) is 0 Å². The average molecular weight is 282 g/mol. The van der Waals surface area contributed by atoms with Crippen LogP contribution in [0, 0.1) is 11.3 Å². The summed E-state index contributed by atoms with van der Waals surface area (Å²) in [7, 11) is 2.32. The van der Waals surface area contributed by atoms with E-state index in [0.29, 0.717) is 5.41 Å². The van der Waals surface area contributed by atoms with Crippen molar-refractivity contribution in [3.05, 3.63) is 0 Å². The lowest BCUT2D eigenvalue weighted by molar-refractivity contribution is -0.00962. The smallest absolute Gasteiger partial charge is 0.0472 e. The van der Waals surface area contributed by atoms with E-state index in [1.165, 1.54) is 32.2 Å². The molecule has 0 spiro atoms. The topological polar surface area (TPSA) is 24.5 Å². The van der Waals surface area contributed by atoms with Gasteiger partial charge < -0.3 is 15.0 Å². The maximum Gasteiger partial charge on any atom is 0.0472 e. The quantitative estimate of drug-likeness (QED) is 0.811. The summed E-state index contributed by atoms with van der Waals surface area (Å²) in [5, 5.41) is 3.74. The van der Waals surface area contributed by atoms with E-state index in [-0.39, 0.29) is 5.54 Å². The molecule has 1 saturated carbocycles. The maximum atomic E-state index is 5.61. The standard InChI is InChI=1S/C17H34N2O/c1-14(15-6-7-15)19(5)13-17(8-10-20-11-9-17)12-18-16(2,3)4/h14-15,18H,6-13H2,1-5H3. The lowest BCUT2D eigenvalue weighted by Crippen LogP contribution is -2.52. The molecule has 1 aliphatic carbocycles. The Morgan fingerprint density at radius 3 is 2.35 bits per heavy atom. The second-order valence-corrected chi connectivity index (χ2v) is 8.21. The molecule has 0 aromatic rings. The summed E-state index contributed by atoms with van der Waals surface area (Å²) in [5.74, 6) is 0.951. The molecule has 1 saturated heterocycles. The zero-order valence-corrected chi connectivity index (χ0v) is 14.2. The molecule has 2 fully saturated rings. The Balaban J connectivity index is 1.94. The molecule has 0 aromatic carbocycles. The molecule has 1 heterocycles. The lowest BCUT2D eigenvalue weighted by atomic mass is 9.78. The van der Waals surface area contributed by atoms with Crippen LogP contribution in [-0.2, 0) is 4.74 Å². The number of hydrogen-bond donors (Lipinski definition) is 1. The normalized spacial score (nSPS) is 24.9. The maximum absolute atomic E-state index is 5.61. The highest BCUT2D eigenvalue weighted by Crippen LogP contribution is 2.37. The van der Waals surface area contributed by atoms with Gasteiger partial charge in [-0.05, 0) is 71.8 Å². The molecular weight excluding hydrogens is 248 g/mol. The first-order valence-electron chi connectivity index (χ1n) is 8.34. The van der Waals surface area contributed by atoms with Crippen LogP contribution >= 0.6 is 0 Å². The fraction of sp³-hybridized carbons (Fsp3) is 1.00. The zero-order chi connectivity index (χ0) is 14.8. The van der Waals surface area contributed by atoms with Crippen molar-refractivity contribution in [3.63, 3.8) is 0 Å². The summed E-state index contributed by atoms with van der Waals surface area (Å²) < 4.78 is 5.61.